The molecule has 1 aromatic heterocycles. The number of benzene rings is 1. The van der Waals surface area contributed by atoms with Crippen LogP contribution in [-0.4, -0.2) is 18.6 Å². The Hall–Kier alpha value is -2.34. The fourth-order valence-corrected chi connectivity index (χ4v) is 2.37. The second-order valence-electron chi connectivity index (χ2n) is 4.15. The summed E-state index contributed by atoms with van der Waals surface area (Å²) < 4.78 is 4.96. The molecule has 2 rings (SSSR count). The molecule has 0 fully saturated rings. The molecule has 2 aromatic rings. The van der Waals surface area contributed by atoms with Gasteiger partial charge in [-0.05, 0) is 30.5 Å². The van der Waals surface area contributed by atoms with E-state index in [1.165, 1.54) is 0 Å². The van der Waals surface area contributed by atoms with E-state index in [0.717, 1.165) is 4.88 Å². The molecule has 6 heteroatoms. The van der Waals surface area contributed by atoms with E-state index in [4.69, 9.17) is 4.74 Å². The van der Waals surface area contributed by atoms with Gasteiger partial charge >= 0.3 is 12.0 Å². The lowest BCUT2D eigenvalue weighted by Crippen LogP contribution is -2.28. The summed E-state index contributed by atoms with van der Waals surface area (Å²) in [6.45, 7) is 2.48. The van der Waals surface area contributed by atoms with Gasteiger partial charge in [-0.15, -0.1) is 11.3 Å². The van der Waals surface area contributed by atoms with Crippen LogP contribution in [0.15, 0.2) is 41.8 Å². The summed E-state index contributed by atoms with van der Waals surface area (Å²) in [5, 5.41) is 7.36. The Morgan fingerprint density at radius 1 is 1.19 bits per heavy atom. The van der Waals surface area contributed by atoms with E-state index in [9.17, 15) is 9.59 Å². The van der Waals surface area contributed by atoms with Crippen LogP contribution in [0.2, 0.25) is 0 Å². The maximum atomic E-state index is 11.9. The highest BCUT2D eigenvalue weighted by Gasteiger charge is 2.13. The summed E-state index contributed by atoms with van der Waals surface area (Å²) >= 11 is 1.57. The number of carbonyl (C=O) groups is 2. The highest BCUT2D eigenvalue weighted by molar-refractivity contribution is 7.09. The number of hydrogen-bond donors (Lipinski definition) is 2. The van der Waals surface area contributed by atoms with Gasteiger partial charge in [0.25, 0.3) is 0 Å². The Labute approximate surface area is 126 Å². The highest BCUT2D eigenvalue weighted by atomic mass is 32.1. The van der Waals surface area contributed by atoms with Crippen molar-refractivity contribution in [1.29, 1.82) is 0 Å². The van der Waals surface area contributed by atoms with Gasteiger partial charge in [0.05, 0.1) is 24.4 Å². The number of rotatable bonds is 5. The molecule has 0 bridgehead atoms. The second kappa shape index (κ2) is 7.44. The molecule has 0 aliphatic carbocycles. The lowest BCUT2D eigenvalue weighted by molar-refractivity contribution is 0.0527. The van der Waals surface area contributed by atoms with Crippen LogP contribution in [0.5, 0.6) is 0 Å². The monoisotopic (exact) mass is 304 g/mol. The van der Waals surface area contributed by atoms with Crippen molar-refractivity contribution >= 4 is 29.0 Å². The Morgan fingerprint density at radius 3 is 2.71 bits per heavy atom. The molecule has 0 aliphatic heterocycles. The molecule has 2 amide bonds. The fourth-order valence-electron chi connectivity index (χ4n) is 1.73. The Kier molecular flexibility index (Phi) is 5.34. The van der Waals surface area contributed by atoms with Gasteiger partial charge in [-0.25, -0.2) is 9.59 Å². The number of ether oxygens (including phenoxy) is 1. The van der Waals surface area contributed by atoms with Crippen LogP contribution < -0.4 is 10.6 Å². The van der Waals surface area contributed by atoms with Gasteiger partial charge in [-0.2, -0.15) is 0 Å². The summed E-state index contributed by atoms with van der Waals surface area (Å²) in [6.07, 6.45) is 0. The first-order valence-electron chi connectivity index (χ1n) is 6.54. The van der Waals surface area contributed by atoms with Crippen molar-refractivity contribution < 1.29 is 14.3 Å². The molecule has 0 spiro atoms. The molecule has 1 heterocycles. The Morgan fingerprint density at radius 2 is 2.00 bits per heavy atom. The summed E-state index contributed by atoms with van der Waals surface area (Å²) in [5.41, 5.74) is 0.769. The van der Waals surface area contributed by atoms with Gasteiger partial charge in [0.2, 0.25) is 0 Å². The average molecular weight is 304 g/mol. The van der Waals surface area contributed by atoms with Crippen LogP contribution in [0.25, 0.3) is 0 Å². The van der Waals surface area contributed by atoms with Crippen LogP contribution in [0.3, 0.4) is 0 Å². The van der Waals surface area contributed by atoms with E-state index in [0.29, 0.717) is 17.8 Å². The molecule has 0 unspecified atom stereocenters. The van der Waals surface area contributed by atoms with Gasteiger partial charge in [0, 0.05) is 4.88 Å². The quantitative estimate of drug-likeness (QED) is 0.833. The van der Waals surface area contributed by atoms with Gasteiger partial charge in [-0.1, -0.05) is 18.2 Å². The van der Waals surface area contributed by atoms with E-state index in [-0.39, 0.29) is 12.6 Å². The van der Waals surface area contributed by atoms with Crippen molar-refractivity contribution in [2.45, 2.75) is 13.5 Å². The topological polar surface area (TPSA) is 67.4 Å². The first kappa shape index (κ1) is 15.1. The van der Waals surface area contributed by atoms with Crippen LogP contribution >= 0.6 is 11.3 Å². The largest absolute Gasteiger partial charge is 0.462 e. The maximum Gasteiger partial charge on any atom is 0.340 e. The first-order chi connectivity index (χ1) is 10.2. The van der Waals surface area contributed by atoms with E-state index >= 15 is 0 Å². The van der Waals surface area contributed by atoms with E-state index in [2.05, 4.69) is 10.6 Å². The highest BCUT2D eigenvalue weighted by Crippen LogP contribution is 2.16. The zero-order valence-electron chi connectivity index (χ0n) is 11.6. The summed E-state index contributed by atoms with van der Waals surface area (Å²) in [5.74, 6) is -0.452. The average Bonchev–Trinajstić information content (AvgIpc) is 2.99. The van der Waals surface area contributed by atoms with Crippen LogP contribution in [-0.2, 0) is 11.3 Å². The summed E-state index contributed by atoms with van der Waals surface area (Å²) in [7, 11) is 0. The lowest BCUT2D eigenvalue weighted by atomic mass is 10.2. The molecule has 5 nitrogen and oxygen atoms in total. The normalized spacial score (nSPS) is 9.95. The van der Waals surface area contributed by atoms with Crippen molar-refractivity contribution in [3.63, 3.8) is 0 Å². The predicted molar refractivity (Wildman–Crippen MR) is 82.6 cm³/mol. The van der Waals surface area contributed by atoms with E-state index in [1.54, 1.807) is 42.5 Å². The van der Waals surface area contributed by atoms with E-state index < -0.39 is 5.97 Å². The molecule has 110 valence electrons. The third kappa shape index (κ3) is 4.32. The Balaban J connectivity index is 1.98. The molecule has 0 saturated heterocycles. The van der Waals surface area contributed by atoms with Crippen LogP contribution in [0.4, 0.5) is 10.5 Å². The number of nitrogens with one attached hydrogen (secondary N) is 2. The van der Waals surface area contributed by atoms with Gasteiger partial charge in [0.15, 0.2) is 0 Å². The minimum atomic E-state index is -0.452. The first-order valence-corrected chi connectivity index (χ1v) is 7.42. The fraction of sp³-hybridized carbons (Fsp3) is 0.200. The number of carbonyl (C=O) groups excluding carboxylic acids is 2. The van der Waals surface area contributed by atoms with Crippen molar-refractivity contribution in [3.8, 4) is 0 Å². The molecule has 21 heavy (non-hydrogen) atoms. The molecule has 2 N–H and O–H groups in total. The number of urea groups is 1. The van der Waals surface area contributed by atoms with Gasteiger partial charge < -0.3 is 15.4 Å². The number of thiophene rings is 1. The molecule has 0 atom stereocenters. The number of esters is 1. The zero-order valence-corrected chi connectivity index (χ0v) is 12.4. The standard InChI is InChI=1S/C15H16N2O3S/c1-2-20-14(18)12-7-3-4-8-13(12)17-15(19)16-10-11-6-5-9-21-11/h3-9H,2,10H2,1H3,(H2,16,17,19). The third-order valence-corrected chi connectivity index (χ3v) is 3.55. The molecule has 0 radical (unpaired) electrons. The number of para-hydroxylation sites is 1. The number of hydrogen-bond acceptors (Lipinski definition) is 4. The minimum Gasteiger partial charge on any atom is -0.462 e. The second-order valence-corrected chi connectivity index (χ2v) is 5.19. The minimum absolute atomic E-state index is 0.289. The maximum absolute atomic E-state index is 11.9. The molecular formula is C15H16N2O3S. The smallest absolute Gasteiger partial charge is 0.340 e. The van der Waals surface area contributed by atoms with Crippen LogP contribution in [0, 0.1) is 0 Å². The molecule has 0 aliphatic rings. The SMILES string of the molecule is CCOC(=O)c1ccccc1NC(=O)NCc1cccs1. The molecule has 0 saturated carbocycles. The van der Waals surface area contributed by atoms with Crippen molar-refractivity contribution in [1.82, 2.24) is 5.32 Å². The third-order valence-electron chi connectivity index (χ3n) is 2.67. The van der Waals surface area contributed by atoms with Crippen molar-refractivity contribution in [3.05, 3.63) is 52.2 Å². The van der Waals surface area contributed by atoms with Crippen molar-refractivity contribution in [2.75, 3.05) is 11.9 Å². The number of amides is 2. The van der Waals surface area contributed by atoms with Crippen LogP contribution in [0.1, 0.15) is 22.2 Å². The van der Waals surface area contributed by atoms with E-state index in [1.807, 2.05) is 17.5 Å². The summed E-state index contributed by atoms with van der Waals surface area (Å²) in [6, 6.07) is 10.3. The van der Waals surface area contributed by atoms with Gasteiger partial charge in [-0.3, -0.25) is 0 Å². The molecule has 1 aromatic carbocycles. The summed E-state index contributed by atoms with van der Waals surface area (Å²) in [4.78, 5) is 24.7. The van der Waals surface area contributed by atoms with Crippen molar-refractivity contribution in [2.24, 2.45) is 0 Å². The lowest BCUT2D eigenvalue weighted by Gasteiger charge is -2.10. The Bertz CT molecular complexity index is 611. The number of anilines is 1. The van der Waals surface area contributed by atoms with Gasteiger partial charge in [0.1, 0.15) is 0 Å². The zero-order chi connectivity index (χ0) is 15.1. The predicted octanol–water partition coefficient (Wildman–Crippen LogP) is 3.25. The molecular weight excluding hydrogens is 288 g/mol.